The molecule has 34 nitrogen and oxygen atoms in total. The SMILES string of the molecule is CO[C@H](C(=O)[C@@H](OC(C)=O)[C@@H](C)OC(C)=O)[C@@H]1Cc2cc3cc(O[C@H]4C[C@@H](O[C@H]5C[C@@H](OC(C)=O)[C@H](OC(C)=O)C(C)O5)[C@H](OC(C)=O)C(C)O4)c(C)c(OC(C)=O)c3c(OC(C)=O)c2C(=O)[C@H]1O[C@H]1C[C@@H](O[C@H]2C[C@@H](O[C@H]3C[C@](C)(O)[C@H](OC(C)=O)C(C)O3)[C@@H](OC(C)=O)C(C)O2)[C@H](OC(C)=O)C(C)O1. The second kappa shape index (κ2) is 35.4. The lowest BCUT2D eigenvalue weighted by atomic mass is 9.74. The van der Waals surface area contributed by atoms with Crippen molar-refractivity contribution in [2.24, 2.45) is 5.92 Å². The van der Waals surface area contributed by atoms with Gasteiger partial charge < -0.3 is 105 Å². The lowest BCUT2D eigenvalue weighted by Gasteiger charge is -2.47. The average Bonchev–Trinajstić information content (AvgIpc) is 0.725. The van der Waals surface area contributed by atoms with Crippen molar-refractivity contribution in [2.75, 3.05) is 7.11 Å². The molecule has 5 heterocycles. The van der Waals surface area contributed by atoms with Crippen molar-refractivity contribution in [3.8, 4) is 17.2 Å². The van der Waals surface area contributed by atoms with E-state index in [1.54, 1.807) is 27.7 Å². The minimum Gasteiger partial charge on any atom is -0.464 e. The second-order valence-corrected chi connectivity index (χ2v) is 27.5. The van der Waals surface area contributed by atoms with E-state index in [-0.39, 0.29) is 71.1 Å². The molecule has 0 amide bonds. The molecule has 588 valence electrons. The van der Waals surface area contributed by atoms with Crippen LogP contribution in [0, 0.1) is 12.8 Å². The maximum Gasteiger partial charge on any atom is 0.308 e. The summed E-state index contributed by atoms with van der Waals surface area (Å²) in [5, 5.41) is 11.5. The highest BCUT2D eigenvalue weighted by Crippen LogP contribution is 2.49. The van der Waals surface area contributed by atoms with Gasteiger partial charge >= 0.3 is 59.7 Å². The molecule has 6 aliphatic rings. The van der Waals surface area contributed by atoms with Gasteiger partial charge in [0.2, 0.25) is 12.1 Å². The van der Waals surface area contributed by atoms with Crippen LogP contribution in [0.4, 0.5) is 0 Å². The van der Waals surface area contributed by atoms with Gasteiger partial charge in [0.15, 0.2) is 73.3 Å². The van der Waals surface area contributed by atoms with Gasteiger partial charge in [0.05, 0.1) is 41.5 Å². The zero-order valence-electron chi connectivity index (χ0n) is 62.7. The molecule has 5 unspecified atom stereocenters. The van der Waals surface area contributed by atoms with E-state index >= 15 is 9.59 Å². The molecular weight excluding hydrogens is 1410 g/mol. The summed E-state index contributed by atoms with van der Waals surface area (Å²) in [6.45, 7) is 23.5. The van der Waals surface area contributed by atoms with Gasteiger partial charge in [-0.1, -0.05) is 0 Å². The minimum atomic E-state index is -1.90. The van der Waals surface area contributed by atoms with E-state index in [9.17, 15) is 53.1 Å². The van der Waals surface area contributed by atoms with Crippen LogP contribution in [0.1, 0.15) is 171 Å². The molecule has 8 rings (SSSR count). The number of carbonyl (C=O) groups is 12. The summed E-state index contributed by atoms with van der Waals surface area (Å²) in [4.78, 5) is 158. The molecule has 5 saturated heterocycles. The van der Waals surface area contributed by atoms with Crippen LogP contribution in [-0.2, 0) is 144 Å². The molecule has 5 fully saturated rings. The van der Waals surface area contributed by atoms with Crippen LogP contribution < -0.4 is 14.2 Å². The number of hydrogen-bond acceptors (Lipinski definition) is 34. The number of Topliss-reactive ketones (excluding diaryl/α,β-unsaturated/α-hetero) is 2. The minimum absolute atomic E-state index is 0.0138. The van der Waals surface area contributed by atoms with Gasteiger partial charge in [-0.15, -0.1) is 0 Å². The maximum atomic E-state index is 16.2. The molecule has 0 bridgehead atoms. The maximum absolute atomic E-state index is 16.2. The first kappa shape index (κ1) is 83.7. The first-order chi connectivity index (χ1) is 49.6. The molecule has 34 heteroatoms. The summed E-state index contributed by atoms with van der Waals surface area (Å²) in [6, 6.07) is 2.97. The fourth-order valence-electron chi connectivity index (χ4n) is 14.6. The van der Waals surface area contributed by atoms with Gasteiger partial charge in [-0.05, 0) is 84.9 Å². The van der Waals surface area contributed by atoms with E-state index in [2.05, 4.69) is 0 Å². The third kappa shape index (κ3) is 20.7. The summed E-state index contributed by atoms with van der Waals surface area (Å²) in [7, 11) is 1.13. The van der Waals surface area contributed by atoms with Crippen molar-refractivity contribution in [1.29, 1.82) is 0 Å². The van der Waals surface area contributed by atoms with Crippen molar-refractivity contribution in [2.45, 2.75) is 310 Å². The van der Waals surface area contributed by atoms with Crippen LogP contribution in [0.3, 0.4) is 0 Å². The van der Waals surface area contributed by atoms with Gasteiger partial charge in [-0.2, -0.15) is 0 Å². The van der Waals surface area contributed by atoms with Crippen LogP contribution in [0.5, 0.6) is 17.2 Å². The number of aliphatic hydroxyl groups is 1. The monoisotopic (exact) mass is 1500 g/mol. The highest BCUT2D eigenvalue weighted by atomic mass is 16.8. The molecule has 1 aliphatic carbocycles. The third-order valence-electron chi connectivity index (χ3n) is 18.6. The number of ketones is 2. The Balaban J connectivity index is 1.19. The number of benzene rings is 2. The van der Waals surface area contributed by atoms with E-state index in [0.29, 0.717) is 0 Å². The van der Waals surface area contributed by atoms with E-state index in [1.807, 2.05) is 0 Å². The molecule has 25 atom stereocenters. The standard InChI is InChI=1S/C72H96O34/c1-28-48(102-53-24-50(64(30(3)88-53)96-39(12)77)103-54-23-49(93-36(9)74)63(29(2)89-54)95-38(11)76)22-46-20-45-21-47(68(86-19)61(84)67(99-42(15)80)33(6)87-35(8)73)69(60(83)58(45)70(100-43(16)81)59(46)62(28)94-37(10)75)106-56-26-51(65(32(5)91-56)97-40(13)78)104-55-25-52(66(31(4)90-55)98-41(14)79)105-57-27-72(18,85)71(34(7)92-57)101-44(17)82/h20,22,29-34,47,49-57,63-69,71,85H,21,23-27H2,1-19H3/t29?,30?,31?,32?,33-,34?,47+,49-,50-,51-,52-,53+,54+,55+,56+,57+,63-,64-,65-,66+,67+,68+,69+,71-,72+/m1/s1. The Morgan fingerprint density at radius 2 is 0.915 bits per heavy atom. The molecule has 2 aromatic rings. The molecule has 0 spiro atoms. The van der Waals surface area contributed by atoms with Crippen molar-refractivity contribution in [3.63, 3.8) is 0 Å². The number of methoxy groups -OCH3 is 1. The molecule has 5 aliphatic heterocycles. The Morgan fingerprint density at radius 1 is 0.500 bits per heavy atom. The van der Waals surface area contributed by atoms with Crippen LogP contribution in [0.15, 0.2) is 12.1 Å². The summed E-state index contributed by atoms with van der Waals surface area (Å²) in [5.74, 6) is -12.0. The first-order valence-corrected chi connectivity index (χ1v) is 34.9. The highest BCUT2D eigenvalue weighted by Gasteiger charge is 2.55. The van der Waals surface area contributed by atoms with Gasteiger partial charge in [-0.25, -0.2) is 0 Å². The van der Waals surface area contributed by atoms with E-state index < -0.39 is 236 Å². The fourth-order valence-corrected chi connectivity index (χ4v) is 14.6. The third-order valence-corrected chi connectivity index (χ3v) is 18.6. The topological polar surface area (TPSA) is 419 Å². The zero-order chi connectivity index (χ0) is 78.4. The lowest BCUT2D eigenvalue weighted by Crippen LogP contribution is -2.59. The number of ether oxygens (including phenoxy) is 21. The van der Waals surface area contributed by atoms with E-state index in [0.717, 1.165) is 41.7 Å². The van der Waals surface area contributed by atoms with Crippen LogP contribution in [-0.4, -0.2) is 230 Å². The van der Waals surface area contributed by atoms with Crippen molar-refractivity contribution >= 4 is 82.0 Å². The smallest absolute Gasteiger partial charge is 0.308 e. The largest absolute Gasteiger partial charge is 0.464 e. The molecule has 0 aromatic heterocycles. The Labute approximate surface area is 611 Å². The van der Waals surface area contributed by atoms with Crippen molar-refractivity contribution < 1.29 is 162 Å². The number of rotatable bonds is 25. The Bertz CT molecular complexity index is 3620. The van der Waals surface area contributed by atoms with Gasteiger partial charge in [0.25, 0.3) is 0 Å². The van der Waals surface area contributed by atoms with Crippen LogP contribution in [0.2, 0.25) is 0 Å². The quantitative estimate of drug-likeness (QED) is 0.0795. The van der Waals surface area contributed by atoms with Gasteiger partial charge in [-0.3, -0.25) is 57.5 Å². The predicted molar refractivity (Wildman–Crippen MR) is 354 cm³/mol. The fraction of sp³-hybridized carbons (Fsp3) is 0.694. The average molecular weight is 1510 g/mol. The molecule has 0 radical (unpaired) electrons. The van der Waals surface area contributed by atoms with E-state index in [4.69, 9.17) is 99.5 Å². The Hall–Kier alpha value is -7.90. The summed E-state index contributed by atoms with van der Waals surface area (Å²) in [5.41, 5.74) is -1.82. The number of hydrogen-bond donors (Lipinski definition) is 1. The molecule has 106 heavy (non-hydrogen) atoms. The number of esters is 10. The summed E-state index contributed by atoms with van der Waals surface area (Å²) < 4.78 is 127. The van der Waals surface area contributed by atoms with Gasteiger partial charge in [0, 0.05) is 120 Å². The molecule has 1 N–H and O–H groups in total. The molecule has 0 saturated carbocycles. The number of carbonyl (C=O) groups excluding carboxylic acids is 12. The molecular formula is C72H96O34. The Morgan fingerprint density at radius 3 is 1.36 bits per heavy atom. The Kier molecular flexibility index (Phi) is 28.0. The normalized spacial score (nSPS) is 33.1. The van der Waals surface area contributed by atoms with Crippen molar-refractivity contribution in [1.82, 2.24) is 0 Å². The van der Waals surface area contributed by atoms with Crippen LogP contribution in [0.25, 0.3) is 10.8 Å². The highest BCUT2D eigenvalue weighted by molar-refractivity contribution is 6.12. The summed E-state index contributed by atoms with van der Waals surface area (Å²) >= 11 is 0. The zero-order valence-corrected chi connectivity index (χ0v) is 62.7. The van der Waals surface area contributed by atoms with Crippen molar-refractivity contribution in [3.05, 3.63) is 28.8 Å². The number of fused-ring (bicyclic) bond motifs is 2. The van der Waals surface area contributed by atoms with Crippen LogP contribution >= 0.6 is 0 Å². The van der Waals surface area contributed by atoms with E-state index in [1.165, 1.54) is 74.4 Å². The lowest BCUT2D eigenvalue weighted by molar-refractivity contribution is -0.335. The molecule has 2 aromatic carbocycles. The predicted octanol–water partition coefficient (Wildman–Crippen LogP) is 4.76. The summed E-state index contributed by atoms with van der Waals surface area (Å²) in [6.07, 6.45) is -29.6. The van der Waals surface area contributed by atoms with Gasteiger partial charge in [0.1, 0.15) is 59.8 Å². The first-order valence-electron chi connectivity index (χ1n) is 34.9. The second-order valence-electron chi connectivity index (χ2n) is 27.5.